The average molecular weight is 239 g/mol. The van der Waals surface area contributed by atoms with Gasteiger partial charge in [0.1, 0.15) is 18.5 Å². The Balaban J connectivity index is 2.57. The van der Waals surface area contributed by atoms with E-state index < -0.39 is 12.0 Å². The van der Waals surface area contributed by atoms with Crippen LogP contribution in [0, 0.1) is 0 Å². The molecule has 0 aliphatic carbocycles. The number of nitrogens with zero attached hydrogens (tertiary/aromatic N) is 2. The second kappa shape index (κ2) is 6.15. The molecule has 6 heteroatoms. The van der Waals surface area contributed by atoms with E-state index in [0.717, 1.165) is 0 Å². The number of nitrogens with two attached hydrogens (primary N) is 1. The Morgan fingerprint density at radius 3 is 2.82 bits per heavy atom. The van der Waals surface area contributed by atoms with Crippen LogP contribution in [0.4, 0.5) is 0 Å². The molecular weight excluding hydrogens is 222 g/mol. The van der Waals surface area contributed by atoms with E-state index in [1.807, 2.05) is 13.8 Å². The van der Waals surface area contributed by atoms with Crippen molar-refractivity contribution >= 4 is 5.97 Å². The van der Waals surface area contributed by atoms with Crippen molar-refractivity contribution in [3.8, 4) is 5.88 Å². The van der Waals surface area contributed by atoms with Crippen LogP contribution in [0.25, 0.3) is 0 Å². The molecule has 1 rings (SSSR count). The maximum atomic E-state index is 11.0. The van der Waals surface area contributed by atoms with Gasteiger partial charge in [-0.05, 0) is 0 Å². The molecule has 94 valence electrons. The summed E-state index contributed by atoms with van der Waals surface area (Å²) in [5, 5.41) is 0. The number of hydrogen-bond acceptors (Lipinski definition) is 6. The molecule has 0 aliphatic rings. The van der Waals surface area contributed by atoms with Gasteiger partial charge in [0.05, 0.1) is 7.11 Å². The zero-order valence-corrected chi connectivity index (χ0v) is 10.2. The van der Waals surface area contributed by atoms with Gasteiger partial charge in [-0.1, -0.05) is 13.8 Å². The first-order valence-electron chi connectivity index (χ1n) is 5.33. The van der Waals surface area contributed by atoms with E-state index in [1.54, 1.807) is 12.3 Å². The van der Waals surface area contributed by atoms with Crippen molar-refractivity contribution in [2.24, 2.45) is 5.73 Å². The molecule has 0 saturated carbocycles. The Kier molecular flexibility index (Phi) is 4.84. The van der Waals surface area contributed by atoms with E-state index in [9.17, 15) is 4.79 Å². The van der Waals surface area contributed by atoms with Gasteiger partial charge < -0.3 is 15.2 Å². The lowest BCUT2D eigenvalue weighted by molar-refractivity contribution is -0.142. The largest absolute Gasteiger partial charge is 0.475 e. The zero-order chi connectivity index (χ0) is 12.8. The number of methoxy groups -OCH3 is 1. The molecule has 0 fully saturated rings. The molecule has 0 saturated heterocycles. The molecule has 0 amide bonds. The smallest absolute Gasteiger partial charge is 0.326 e. The minimum atomic E-state index is -0.808. The second-order valence-electron chi connectivity index (χ2n) is 3.85. The van der Waals surface area contributed by atoms with Crippen LogP contribution in [0.3, 0.4) is 0 Å². The molecule has 6 nitrogen and oxygen atoms in total. The summed E-state index contributed by atoms with van der Waals surface area (Å²) in [5.74, 6) is 0.799. The lowest BCUT2D eigenvalue weighted by atomic mass is 10.2. The van der Waals surface area contributed by atoms with Gasteiger partial charge in [-0.15, -0.1) is 0 Å². The van der Waals surface area contributed by atoms with Crippen LogP contribution in [0.15, 0.2) is 12.3 Å². The van der Waals surface area contributed by atoms with Crippen molar-refractivity contribution in [1.82, 2.24) is 9.97 Å². The van der Waals surface area contributed by atoms with E-state index in [1.165, 1.54) is 7.11 Å². The Labute approximate surface area is 100 Å². The van der Waals surface area contributed by atoms with Crippen LogP contribution < -0.4 is 10.5 Å². The number of hydrogen-bond donors (Lipinski definition) is 1. The maximum Gasteiger partial charge on any atom is 0.326 e. The van der Waals surface area contributed by atoms with Crippen molar-refractivity contribution in [2.75, 3.05) is 13.7 Å². The third kappa shape index (κ3) is 3.99. The van der Waals surface area contributed by atoms with Crippen molar-refractivity contribution < 1.29 is 14.3 Å². The molecule has 0 bridgehead atoms. The summed E-state index contributed by atoms with van der Waals surface area (Å²) in [4.78, 5) is 19.3. The molecule has 1 atom stereocenters. The zero-order valence-electron chi connectivity index (χ0n) is 10.2. The highest BCUT2D eigenvalue weighted by atomic mass is 16.5. The first kappa shape index (κ1) is 13.4. The predicted molar refractivity (Wildman–Crippen MR) is 61.6 cm³/mol. The number of rotatable bonds is 5. The Morgan fingerprint density at radius 1 is 1.53 bits per heavy atom. The van der Waals surface area contributed by atoms with Crippen LogP contribution >= 0.6 is 0 Å². The number of ether oxygens (including phenoxy) is 2. The standard InChI is InChI=1S/C11H17N3O3/c1-7(2)10-13-5-4-9(14-10)17-6-8(12)11(15)16-3/h4-5,7-8H,6,12H2,1-3H3. The van der Waals surface area contributed by atoms with Gasteiger partial charge >= 0.3 is 5.97 Å². The lowest BCUT2D eigenvalue weighted by Gasteiger charge is -2.11. The van der Waals surface area contributed by atoms with Crippen LogP contribution in [0.1, 0.15) is 25.6 Å². The molecule has 0 spiro atoms. The topological polar surface area (TPSA) is 87.3 Å². The first-order chi connectivity index (χ1) is 8.04. The average Bonchev–Trinajstić information content (AvgIpc) is 2.35. The second-order valence-corrected chi connectivity index (χ2v) is 3.85. The monoisotopic (exact) mass is 239 g/mol. The molecule has 1 heterocycles. The molecular formula is C11H17N3O3. The maximum absolute atomic E-state index is 11.0. The number of carbonyl (C=O) groups is 1. The molecule has 2 N–H and O–H groups in total. The van der Waals surface area contributed by atoms with E-state index in [4.69, 9.17) is 10.5 Å². The van der Waals surface area contributed by atoms with Gasteiger partial charge in [-0.3, -0.25) is 4.79 Å². The predicted octanol–water partition coefficient (Wildman–Crippen LogP) is 0.479. The van der Waals surface area contributed by atoms with Crippen LogP contribution in [-0.2, 0) is 9.53 Å². The minimum absolute atomic E-state index is 0.0290. The van der Waals surface area contributed by atoms with Gasteiger partial charge in [0.15, 0.2) is 0 Å². The molecule has 17 heavy (non-hydrogen) atoms. The van der Waals surface area contributed by atoms with Crippen LogP contribution in [0.2, 0.25) is 0 Å². The van der Waals surface area contributed by atoms with Gasteiger partial charge in [-0.2, -0.15) is 4.98 Å². The Morgan fingerprint density at radius 2 is 2.24 bits per heavy atom. The molecule has 1 aromatic heterocycles. The van der Waals surface area contributed by atoms with Crippen LogP contribution in [0.5, 0.6) is 5.88 Å². The van der Waals surface area contributed by atoms with Crippen molar-refractivity contribution in [2.45, 2.75) is 25.8 Å². The van der Waals surface area contributed by atoms with Gasteiger partial charge in [0, 0.05) is 18.2 Å². The molecule has 0 aromatic carbocycles. The Bertz CT molecular complexity index is 382. The summed E-state index contributed by atoms with van der Waals surface area (Å²) >= 11 is 0. The van der Waals surface area contributed by atoms with Gasteiger partial charge in [0.2, 0.25) is 5.88 Å². The quantitative estimate of drug-likeness (QED) is 0.752. The number of aromatic nitrogens is 2. The highest BCUT2D eigenvalue weighted by Gasteiger charge is 2.15. The SMILES string of the molecule is COC(=O)C(N)COc1ccnc(C(C)C)n1. The van der Waals surface area contributed by atoms with E-state index in [2.05, 4.69) is 14.7 Å². The molecule has 0 aliphatic heterocycles. The third-order valence-electron chi connectivity index (χ3n) is 2.08. The fourth-order valence-electron chi connectivity index (χ4n) is 1.11. The van der Waals surface area contributed by atoms with Crippen molar-refractivity contribution in [1.29, 1.82) is 0 Å². The summed E-state index contributed by atoms with van der Waals surface area (Å²) in [7, 11) is 1.28. The van der Waals surface area contributed by atoms with E-state index >= 15 is 0 Å². The molecule has 0 radical (unpaired) electrons. The van der Waals surface area contributed by atoms with Crippen molar-refractivity contribution in [3.63, 3.8) is 0 Å². The Hall–Kier alpha value is -1.69. The third-order valence-corrected chi connectivity index (χ3v) is 2.08. The highest BCUT2D eigenvalue weighted by Crippen LogP contribution is 2.12. The minimum Gasteiger partial charge on any atom is -0.475 e. The molecule has 1 unspecified atom stereocenters. The van der Waals surface area contributed by atoms with E-state index in [-0.39, 0.29) is 12.5 Å². The summed E-state index contributed by atoms with van der Waals surface area (Å²) in [5.41, 5.74) is 5.53. The fourth-order valence-corrected chi connectivity index (χ4v) is 1.11. The first-order valence-corrected chi connectivity index (χ1v) is 5.33. The van der Waals surface area contributed by atoms with Gasteiger partial charge in [-0.25, -0.2) is 4.98 Å². The van der Waals surface area contributed by atoms with Crippen LogP contribution in [-0.4, -0.2) is 35.7 Å². The fraction of sp³-hybridized carbons (Fsp3) is 0.545. The lowest BCUT2D eigenvalue weighted by Crippen LogP contribution is -2.37. The normalized spacial score (nSPS) is 12.3. The van der Waals surface area contributed by atoms with Crippen molar-refractivity contribution in [3.05, 3.63) is 18.1 Å². The highest BCUT2D eigenvalue weighted by molar-refractivity contribution is 5.75. The number of carbonyl (C=O) groups excluding carboxylic acids is 1. The summed E-state index contributed by atoms with van der Waals surface area (Å²) in [6.07, 6.45) is 1.61. The number of esters is 1. The summed E-state index contributed by atoms with van der Waals surface area (Å²) < 4.78 is 9.79. The summed E-state index contributed by atoms with van der Waals surface area (Å²) in [6, 6.07) is 0.813. The summed E-state index contributed by atoms with van der Waals surface area (Å²) in [6.45, 7) is 4.00. The van der Waals surface area contributed by atoms with E-state index in [0.29, 0.717) is 11.7 Å². The molecule has 1 aromatic rings. The van der Waals surface area contributed by atoms with Gasteiger partial charge in [0.25, 0.3) is 0 Å².